The maximum atomic E-state index is 11.7. The molecule has 0 spiro atoms. The molecule has 0 aliphatic heterocycles. The van der Waals surface area contributed by atoms with Gasteiger partial charge >= 0.3 is 0 Å². The lowest BCUT2D eigenvalue weighted by Gasteiger charge is -2.08. The van der Waals surface area contributed by atoms with Gasteiger partial charge in [-0.15, -0.1) is 0 Å². The number of carbonyl (C=O) groups excluding carboxylic acids is 1. The van der Waals surface area contributed by atoms with Gasteiger partial charge in [0.15, 0.2) is 0 Å². The summed E-state index contributed by atoms with van der Waals surface area (Å²) in [7, 11) is 0. The van der Waals surface area contributed by atoms with E-state index in [-0.39, 0.29) is 5.91 Å². The zero-order valence-electron chi connectivity index (χ0n) is 10.8. The van der Waals surface area contributed by atoms with Gasteiger partial charge in [0.05, 0.1) is 0 Å². The Morgan fingerprint density at radius 2 is 2.00 bits per heavy atom. The molecule has 0 aliphatic carbocycles. The fraction of sp³-hybridized carbons (Fsp3) is 0.500. The molecule has 1 aromatic carbocycles. The number of aryl methyl sites for hydroxylation is 1. The van der Waals surface area contributed by atoms with Crippen molar-refractivity contribution in [2.75, 3.05) is 11.9 Å². The molecule has 0 unspecified atom stereocenters. The lowest BCUT2D eigenvalue weighted by molar-refractivity contribution is -0.116. The Labute approximate surface area is 117 Å². The summed E-state index contributed by atoms with van der Waals surface area (Å²) < 4.78 is 1.03. The third-order valence-electron chi connectivity index (χ3n) is 2.82. The summed E-state index contributed by atoms with van der Waals surface area (Å²) in [6.45, 7) is 2.73. The second-order valence-electron chi connectivity index (χ2n) is 4.46. The number of anilines is 1. The number of nitrogens with two attached hydrogens (primary N) is 1. The molecule has 1 rings (SSSR count). The van der Waals surface area contributed by atoms with Gasteiger partial charge < -0.3 is 11.1 Å². The zero-order chi connectivity index (χ0) is 13.4. The number of hydrogen-bond donors (Lipinski definition) is 2. The Morgan fingerprint density at radius 1 is 1.28 bits per heavy atom. The van der Waals surface area contributed by atoms with Crippen LogP contribution in [0.2, 0.25) is 0 Å². The lowest BCUT2D eigenvalue weighted by Crippen LogP contribution is -2.12. The van der Waals surface area contributed by atoms with Gasteiger partial charge in [-0.25, -0.2) is 0 Å². The predicted molar refractivity (Wildman–Crippen MR) is 79.6 cm³/mol. The van der Waals surface area contributed by atoms with Crippen molar-refractivity contribution in [3.05, 3.63) is 28.2 Å². The van der Waals surface area contributed by atoms with Crippen molar-refractivity contribution in [2.45, 2.75) is 39.0 Å². The van der Waals surface area contributed by atoms with Crippen LogP contribution in [0.5, 0.6) is 0 Å². The number of amides is 1. The van der Waals surface area contributed by atoms with Crippen LogP contribution in [0, 0.1) is 6.92 Å². The molecule has 18 heavy (non-hydrogen) atoms. The maximum absolute atomic E-state index is 11.7. The first kappa shape index (κ1) is 15.2. The smallest absolute Gasteiger partial charge is 0.224 e. The van der Waals surface area contributed by atoms with Gasteiger partial charge in [-0.1, -0.05) is 28.8 Å². The van der Waals surface area contributed by atoms with E-state index in [2.05, 4.69) is 21.2 Å². The summed E-state index contributed by atoms with van der Waals surface area (Å²) in [5, 5.41) is 2.94. The largest absolute Gasteiger partial charge is 0.330 e. The summed E-state index contributed by atoms with van der Waals surface area (Å²) in [4.78, 5) is 11.7. The van der Waals surface area contributed by atoms with E-state index in [1.54, 1.807) is 0 Å². The van der Waals surface area contributed by atoms with Gasteiger partial charge in [0.25, 0.3) is 0 Å². The van der Waals surface area contributed by atoms with E-state index in [9.17, 15) is 4.79 Å². The minimum atomic E-state index is 0.0909. The quantitative estimate of drug-likeness (QED) is 0.756. The van der Waals surface area contributed by atoms with E-state index in [1.165, 1.54) is 0 Å². The Balaban J connectivity index is 2.31. The zero-order valence-corrected chi connectivity index (χ0v) is 12.4. The first-order valence-electron chi connectivity index (χ1n) is 6.39. The number of rotatable bonds is 7. The summed E-state index contributed by atoms with van der Waals surface area (Å²) in [6, 6.07) is 5.85. The minimum absolute atomic E-state index is 0.0909. The van der Waals surface area contributed by atoms with Crippen molar-refractivity contribution in [1.29, 1.82) is 0 Å². The van der Waals surface area contributed by atoms with E-state index in [4.69, 9.17) is 5.73 Å². The highest BCUT2D eigenvalue weighted by atomic mass is 79.9. The molecule has 4 heteroatoms. The lowest BCUT2D eigenvalue weighted by atomic mass is 10.1. The second-order valence-corrected chi connectivity index (χ2v) is 5.38. The monoisotopic (exact) mass is 312 g/mol. The number of unbranched alkanes of at least 4 members (excludes halogenated alkanes) is 3. The number of halogens is 1. The Kier molecular flexibility index (Phi) is 6.98. The van der Waals surface area contributed by atoms with Gasteiger partial charge in [-0.05, 0) is 50.1 Å². The Bertz CT molecular complexity index is 393. The number of nitrogens with one attached hydrogen (secondary N) is 1. The Morgan fingerprint density at radius 3 is 2.67 bits per heavy atom. The van der Waals surface area contributed by atoms with Gasteiger partial charge in [0, 0.05) is 16.6 Å². The van der Waals surface area contributed by atoms with Crippen molar-refractivity contribution in [3.63, 3.8) is 0 Å². The molecule has 1 aromatic rings. The van der Waals surface area contributed by atoms with E-state index < -0.39 is 0 Å². The molecule has 100 valence electrons. The van der Waals surface area contributed by atoms with Gasteiger partial charge in [-0.2, -0.15) is 0 Å². The summed E-state index contributed by atoms with van der Waals surface area (Å²) in [5.41, 5.74) is 7.38. The van der Waals surface area contributed by atoms with Crippen LogP contribution in [0.15, 0.2) is 22.7 Å². The van der Waals surface area contributed by atoms with E-state index in [1.807, 2.05) is 25.1 Å². The molecule has 0 aromatic heterocycles. The number of carbonyl (C=O) groups is 1. The molecule has 0 bridgehead atoms. The van der Waals surface area contributed by atoms with E-state index in [0.717, 1.165) is 48.0 Å². The Hall–Kier alpha value is -0.870. The van der Waals surface area contributed by atoms with Crippen LogP contribution in [-0.2, 0) is 4.79 Å². The van der Waals surface area contributed by atoms with Crippen LogP contribution >= 0.6 is 15.9 Å². The first-order valence-corrected chi connectivity index (χ1v) is 7.19. The molecule has 3 N–H and O–H groups in total. The molecule has 0 aliphatic rings. The molecular weight excluding hydrogens is 292 g/mol. The van der Waals surface area contributed by atoms with Crippen molar-refractivity contribution in [1.82, 2.24) is 0 Å². The minimum Gasteiger partial charge on any atom is -0.330 e. The SMILES string of the molecule is Cc1cc(Br)ccc1NC(=O)CCCCCCN. The van der Waals surface area contributed by atoms with Crippen molar-refractivity contribution >= 4 is 27.5 Å². The number of hydrogen-bond acceptors (Lipinski definition) is 2. The second kappa shape index (κ2) is 8.27. The van der Waals surface area contributed by atoms with Gasteiger partial charge in [-0.3, -0.25) is 4.79 Å². The van der Waals surface area contributed by atoms with Crippen molar-refractivity contribution in [2.24, 2.45) is 5.73 Å². The predicted octanol–water partition coefficient (Wildman–Crippen LogP) is 3.61. The van der Waals surface area contributed by atoms with Crippen molar-refractivity contribution < 1.29 is 4.79 Å². The average Bonchev–Trinajstić information content (AvgIpc) is 2.32. The topological polar surface area (TPSA) is 55.1 Å². The fourth-order valence-corrected chi connectivity index (χ4v) is 2.24. The highest BCUT2D eigenvalue weighted by Crippen LogP contribution is 2.20. The molecule has 0 atom stereocenters. The normalized spacial score (nSPS) is 10.4. The van der Waals surface area contributed by atoms with Gasteiger partial charge in [0.1, 0.15) is 0 Å². The molecule has 0 saturated heterocycles. The molecule has 0 heterocycles. The van der Waals surface area contributed by atoms with Crippen LogP contribution in [-0.4, -0.2) is 12.5 Å². The van der Waals surface area contributed by atoms with Crippen LogP contribution in [0.1, 0.15) is 37.7 Å². The summed E-state index contributed by atoms with van der Waals surface area (Å²) >= 11 is 3.41. The fourth-order valence-electron chi connectivity index (χ4n) is 1.76. The third-order valence-corrected chi connectivity index (χ3v) is 3.31. The van der Waals surface area contributed by atoms with Crippen LogP contribution < -0.4 is 11.1 Å². The maximum Gasteiger partial charge on any atom is 0.224 e. The first-order chi connectivity index (χ1) is 8.63. The van der Waals surface area contributed by atoms with Crippen LogP contribution in [0.4, 0.5) is 5.69 Å². The molecular formula is C14H21BrN2O. The van der Waals surface area contributed by atoms with Crippen molar-refractivity contribution in [3.8, 4) is 0 Å². The highest BCUT2D eigenvalue weighted by molar-refractivity contribution is 9.10. The van der Waals surface area contributed by atoms with E-state index >= 15 is 0 Å². The summed E-state index contributed by atoms with van der Waals surface area (Å²) in [6.07, 6.45) is 4.75. The van der Waals surface area contributed by atoms with Crippen LogP contribution in [0.3, 0.4) is 0 Å². The molecule has 0 radical (unpaired) electrons. The van der Waals surface area contributed by atoms with E-state index in [0.29, 0.717) is 6.42 Å². The summed E-state index contributed by atoms with van der Waals surface area (Å²) in [5.74, 6) is 0.0909. The van der Waals surface area contributed by atoms with Gasteiger partial charge in [0.2, 0.25) is 5.91 Å². The third kappa shape index (κ3) is 5.65. The molecule has 0 fully saturated rings. The molecule has 1 amide bonds. The van der Waals surface area contributed by atoms with Crippen LogP contribution in [0.25, 0.3) is 0 Å². The highest BCUT2D eigenvalue weighted by Gasteiger charge is 2.04. The molecule has 0 saturated carbocycles. The number of benzene rings is 1. The standard InChI is InChI=1S/C14H21BrN2O/c1-11-10-12(15)7-8-13(11)17-14(18)6-4-2-3-5-9-16/h7-8,10H,2-6,9,16H2,1H3,(H,17,18). The molecule has 3 nitrogen and oxygen atoms in total. The average molecular weight is 313 g/mol.